The van der Waals surface area contributed by atoms with Gasteiger partial charge >= 0.3 is 11.7 Å². The maximum atomic E-state index is 13.0. The summed E-state index contributed by atoms with van der Waals surface area (Å²) in [6, 6.07) is 4.13. The Morgan fingerprint density at radius 3 is 2.48 bits per heavy atom. The number of nitrogens with zero attached hydrogens (tertiary/aromatic N) is 2. The van der Waals surface area contributed by atoms with Gasteiger partial charge < -0.3 is 10.6 Å². The molecule has 2 rings (SSSR count). The third-order valence-corrected chi connectivity index (χ3v) is 5.10. The van der Waals surface area contributed by atoms with E-state index in [1.54, 1.807) is 22.4 Å². The van der Waals surface area contributed by atoms with Crippen LogP contribution in [0.15, 0.2) is 23.0 Å². The minimum absolute atomic E-state index is 0.300. The number of amides is 2. The first kappa shape index (κ1) is 21.1. The van der Waals surface area contributed by atoms with Crippen LogP contribution in [0.3, 0.4) is 0 Å². The lowest BCUT2D eigenvalue weighted by Gasteiger charge is -2.29. The quantitative estimate of drug-likeness (QED) is 0.817. The van der Waals surface area contributed by atoms with E-state index in [1.165, 1.54) is 7.05 Å². The zero-order valence-corrected chi connectivity index (χ0v) is 17.6. The van der Waals surface area contributed by atoms with Crippen molar-refractivity contribution in [2.45, 2.75) is 40.3 Å². The van der Waals surface area contributed by atoms with Crippen molar-refractivity contribution in [1.29, 1.82) is 0 Å². The summed E-state index contributed by atoms with van der Waals surface area (Å²) in [5, 5.41) is 5.31. The Bertz CT molecular complexity index is 908. The van der Waals surface area contributed by atoms with Crippen molar-refractivity contribution in [1.82, 2.24) is 19.8 Å². The van der Waals surface area contributed by atoms with Crippen LogP contribution in [0.2, 0.25) is 0 Å². The number of likely N-dealkylation sites (N-methyl/N-ethyl adjacent to an activating group) is 1. The summed E-state index contributed by atoms with van der Waals surface area (Å²) in [6.07, 6.45) is 1.97. The minimum atomic E-state index is -0.767. The normalized spacial score (nSPS) is 12.8. The smallest absolute Gasteiger partial charge is 0.337 e. The molecule has 0 radical (unpaired) electrons. The van der Waals surface area contributed by atoms with Crippen LogP contribution in [0.4, 0.5) is 4.79 Å². The monoisotopic (exact) mass is 392 g/mol. The molecule has 2 amide bonds. The molecule has 0 spiro atoms. The van der Waals surface area contributed by atoms with Gasteiger partial charge in [0, 0.05) is 19.3 Å². The number of carbonyl (C=O) groups is 2. The largest absolute Gasteiger partial charge is 0.357 e. The average molecular weight is 393 g/mol. The zero-order valence-electron chi connectivity index (χ0n) is 16.8. The molecule has 0 saturated heterocycles. The van der Waals surface area contributed by atoms with Crippen LogP contribution >= 0.6 is 11.8 Å². The van der Waals surface area contributed by atoms with Crippen molar-refractivity contribution in [3.63, 3.8) is 0 Å². The molecule has 1 aromatic carbocycles. The van der Waals surface area contributed by atoms with Crippen molar-refractivity contribution in [3.05, 3.63) is 34.2 Å². The Hall–Kier alpha value is -2.22. The molecule has 0 unspecified atom stereocenters. The van der Waals surface area contributed by atoms with Crippen LogP contribution in [0, 0.1) is 12.3 Å². The number of benzene rings is 1. The van der Waals surface area contributed by atoms with E-state index in [4.69, 9.17) is 0 Å². The van der Waals surface area contributed by atoms with E-state index in [0.717, 1.165) is 21.4 Å². The predicted octanol–water partition coefficient (Wildman–Crippen LogP) is 2.19. The lowest BCUT2D eigenvalue weighted by atomic mass is 9.86. The molecule has 0 bridgehead atoms. The van der Waals surface area contributed by atoms with Crippen LogP contribution in [-0.2, 0) is 11.3 Å². The first-order chi connectivity index (χ1) is 12.6. The van der Waals surface area contributed by atoms with Crippen LogP contribution in [-0.4, -0.2) is 46.2 Å². The highest BCUT2D eigenvalue weighted by Crippen LogP contribution is 2.21. The van der Waals surface area contributed by atoms with Crippen molar-refractivity contribution in [2.75, 3.05) is 19.1 Å². The highest BCUT2D eigenvalue weighted by atomic mass is 32.2. The summed E-state index contributed by atoms with van der Waals surface area (Å²) in [4.78, 5) is 38.3. The van der Waals surface area contributed by atoms with E-state index in [2.05, 4.69) is 10.6 Å². The fraction of sp³-hybridized carbons (Fsp3) is 0.526. The SMILES string of the molecule is CNC(=O)[C@@H](NC(=O)n1c(=O)n(CCSC)c2c(C)cccc21)C(C)(C)C. The van der Waals surface area contributed by atoms with E-state index in [1.807, 2.05) is 46.1 Å². The van der Waals surface area contributed by atoms with Gasteiger partial charge in [-0.2, -0.15) is 11.8 Å². The van der Waals surface area contributed by atoms with Gasteiger partial charge in [0.05, 0.1) is 11.0 Å². The van der Waals surface area contributed by atoms with Crippen LogP contribution in [0.1, 0.15) is 26.3 Å². The zero-order chi connectivity index (χ0) is 20.4. The molecule has 0 fully saturated rings. The molecule has 0 aliphatic rings. The Balaban J connectivity index is 2.56. The molecular weight excluding hydrogens is 364 g/mol. The first-order valence-electron chi connectivity index (χ1n) is 8.85. The van der Waals surface area contributed by atoms with Gasteiger partial charge in [-0.3, -0.25) is 9.36 Å². The van der Waals surface area contributed by atoms with Crippen molar-refractivity contribution < 1.29 is 9.59 Å². The maximum absolute atomic E-state index is 13.0. The molecule has 8 heteroatoms. The summed E-state index contributed by atoms with van der Waals surface area (Å²) in [5.74, 6) is 0.462. The maximum Gasteiger partial charge on any atom is 0.337 e. The fourth-order valence-corrected chi connectivity index (χ4v) is 3.45. The van der Waals surface area contributed by atoms with Gasteiger partial charge in [-0.05, 0) is 30.2 Å². The summed E-state index contributed by atoms with van der Waals surface area (Å²) >= 11 is 1.64. The summed E-state index contributed by atoms with van der Waals surface area (Å²) in [7, 11) is 1.52. The number of fused-ring (bicyclic) bond motifs is 1. The molecule has 2 aromatic rings. The van der Waals surface area contributed by atoms with Gasteiger partial charge in [0.1, 0.15) is 6.04 Å². The Morgan fingerprint density at radius 1 is 1.26 bits per heavy atom. The Labute approximate surface area is 163 Å². The molecular formula is C19H28N4O3S. The fourth-order valence-electron chi connectivity index (χ4n) is 3.09. The standard InChI is InChI=1S/C19H28N4O3S/c1-12-8-7-9-13-14(12)22(10-11-27-6)18(26)23(13)17(25)21-15(16(24)20-5)19(2,3)4/h7-9,15H,10-11H2,1-6H3,(H,20,24)(H,21,25)/t15-/m1/s1. The molecule has 7 nitrogen and oxygen atoms in total. The van der Waals surface area contributed by atoms with Gasteiger partial charge in [0.2, 0.25) is 5.91 Å². The van der Waals surface area contributed by atoms with E-state index in [9.17, 15) is 14.4 Å². The number of hydrogen-bond donors (Lipinski definition) is 2. The van der Waals surface area contributed by atoms with E-state index < -0.39 is 23.2 Å². The summed E-state index contributed by atoms with van der Waals surface area (Å²) in [6.45, 7) is 8.02. The molecule has 0 aliphatic heterocycles. The molecule has 27 heavy (non-hydrogen) atoms. The molecule has 0 aliphatic carbocycles. The number of hydrogen-bond acceptors (Lipinski definition) is 4. The number of nitrogens with one attached hydrogen (secondary N) is 2. The van der Waals surface area contributed by atoms with Gasteiger partial charge in [0.15, 0.2) is 0 Å². The molecule has 1 atom stereocenters. The number of rotatable bonds is 5. The van der Waals surface area contributed by atoms with Gasteiger partial charge in [0.25, 0.3) is 0 Å². The topological polar surface area (TPSA) is 85.1 Å². The second-order valence-electron chi connectivity index (χ2n) is 7.57. The van der Waals surface area contributed by atoms with E-state index in [0.29, 0.717) is 12.1 Å². The van der Waals surface area contributed by atoms with Crippen molar-refractivity contribution >= 4 is 34.7 Å². The number of thioether (sulfide) groups is 1. The second kappa shape index (κ2) is 8.21. The average Bonchev–Trinajstić information content (AvgIpc) is 2.88. The first-order valence-corrected chi connectivity index (χ1v) is 10.2. The van der Waals surface area contributed by atoms with Gasteiger partial charge in [-0.15, -0.1) is 0 Å². The van der Waals surface area contributed by atoms with E-state index in [-0.39, 0.29) is 5.91 Å². The predicted molar refractivity (Wildman–Crippen MR) is 111 cm³/mol. The van der Waals surface area contributed by atoms with Crippen LogP contribution in [0.25, 0.3) is 11.0 Å². The van der Waals surface area contributed by atoms with Gasteiger partial charge in [-0.25, -0.2) is 14.2 Å². The Morgan fingerprint density at radius 2 is 1.93 bits per heavy atom. The Kier molecular flexibility index (Phi) is 6.41. The van der Waals surface area contributed by atoms with Crippen molar-refractivity contribution in [2.24, 2.45) is 5.41 Å². The highest BCUT2D eigenvalue weighted by Gasteiger charge is 2.33. The third-order valence-electron chi connectivity index (χ3n) is 4.51. The second-order valence-corrected chi connectivity index (χ2v) is 8.55. The summed E-state index contributed by atoms with van der Waals surface area (Å²) in [5.41, 5.74) is 1.32. The minimum Gasteiger partial charge on any atom is -0.357 e. The molecule has 1 aromatic heterocycles. The molecule has 1 heterocycles. The molecule has 2 N–H and O–H groups in total. The van der Waals surface area contributed by atoms with Crippen LogP contribution < -0.4 is 16.3 Å². The van der Waals surface area contributed by atoms with Crippen molar-refractivity contribution in [3.8, 4) is 0 Å². The lowest BCUT2D eigenvalue weighted by molar-refractivity contribution is -0.124. The lowest BCUT2D eigenvalue weighted by Crippen LogP contribution is -2.54. The third kappa shape index (κ3) is 4.21. The number of para-hydroxylation sites is 1. The molecule has 0 saturated carbocycles. The van der Waals surface area contributed by atoms with E-state index >= 15 is 0 Å². The number of aryl methyl sites for hydroxylation is 2. The highest BCUT2D eigenvalue weighted by molar-refractivity contribution is 7.98. The number of carbonyl (C=O) groups excluding carboxylic acids is 2. The van der Waals surface area contributed by atoms with Gasteiger partial charge in [-0.1, -0.05) is 32.9 Å². The summed E-state index contributed by atoms with van der Waals surface area (Å²) < 4.78 is 2.76. The number of imidazole rings is 1. The van der Waals surface area contributed by atoms with Crippen LogP contribution in [0.5, 0.6) is 0 Å². The number of aromatic nitrogens is 2. The molecule has 148 valence electrons.